The van der Waals surface area contributed by atoms with E-state index in [0.717, 1.165) is 16.1 Å². The first kappa shape index (κ1) is 15.0. The van der Waals surface area contributed by atoms with Gasteiger partial charge in [0.1, 0.15) is 0 Å². The molecule has 0 fully saturated rings. The number of ether oxygens (including phenoxy) is 1. The topological polar surface area (TPSA) is 35.2 Å². The second-order valence-electron chi connectivity index (χ2n) is 5.07. The fourth-order valence-corrected chi connectivity index (χ4v) is 2.32. The summed E-state index contributed by atoms with van der Waals surface area (Å²) in [6.07, 6.45) is -0.105. The van der Waals surface area contributed by atoms with Crippen LogP contribution >= 0.6 is 11.6 Å². The van der Waals surface area contributed by atoms with Gasteiger partial charge in [0.15, 0.2) is 0 Å². The van der Waals surface area contributed by atoms with Gasteiger partial charge in [0, 0.05) is 11.1 Å². The molecule has 2 atom stereocenters. The number of halogens is 1. The predicted molar refractivity (Wildman–Crippen MR) is 83.8 cm³/mol. The second-order valence-corrected chi connectivity index (χ2v) is 5.51. The standard InChI is InChI=1S/C17H20ClNO/c1-12-5-3-4-6-16(12)17(13(2)19)20-11-14-7-9-15(18)10-8-14/h3-10,13,17H,11,19H2,1-2H3. The third kappa shape index (κ3) is 3.83. The van der Waals surface area contributed by atoms with Gasteiger partial charge in [-0.25, -0.2) is 0 Å². The van der Waals surface area contributed by atoms with Crippen LogP contribution in [0.4, 0.5) is 0 Å². The molecule has 2 nitrogen and oxygen atoms in total. The highest BCUT2D eigenvalue weighted by atomic mass is 35.5. The molecule has 2 aromatic carbocycles. The Balaban J connectivity index is 2.11. The van der Waals surface area contributed by atoms with Gasteiger partial charge in [-0.1, -0.05) is 48.0 Å². The van der Waals surface area contributed by atoms with Crippen molar-refractivity contribution in [2.45, 2.75) is 32.6 Å². The molecule has 2 N–H and O–H groups in total. The molecule has 0 heterocycles. The molecule has 0 aromatic heterocycles. The summed E-state index contributed by atoms with van der Waals surface area (Å²) in [6.45, 7) is 4.58. The van der Waals surface area contributed by atoms with E-state index in [1.807, 2.05) is 43.3 Å². The van der Waals surface area contributed by atoms with Gasteiger partial charge in [-0.15, -0.1) is 0 Å². The average Bonchev–Trinajstić information content (AvgIpc) is 2.42. The fourth-order valence-electron chi connectivity index (χ4n) is 2.20. The minimum absolute atomic E-state index is 0.0663. The summed E-state index contributed by atoms with van der Waals surface area (Å²) in [5, 5.41) is 0.733. The van der Waals surface area contributed by atoms with E-state index in [0.29, 0.717) is 6.61 Å². The van der Waals surface area contributed by atoms with Gasteiger partial charge in [-0.3, -0.25) is 0 Å². The molecule has 106 valence electrons. The quantitative estimate of drug-likeness (QED) is 0.893. The number of rotatable bonds is 5. The van der Waals surface area contributed by atoms with Crippen molar-refractivity contribution in [3.05, 3.63) is 70.2 Å². The smallest absolute Gasteiger partial charge is 0.0980 e. The van der Waals surface area contributed by atoms with Crippen LogP contribution in [0.3, 0.4) is 0 Å². The molecular weight excluding hydrogens is 270 g/mol. The Bertz CT molecular complexity index is 551. The summed E-state index contributed by atoms with van der Waals surface area (Å²) >= 11 is 5.88. The van der Waals surface area contributed by atoms with E-state index in [4.69, 9.17) is 22.1 Å². The van der Waals surface area contributed by atoms with Crippen LogP contribution in [0.5, 0.6) is 0 Å². The summed E-state index contributed by atoms with van der Waals surface area (Å²) < 4.78 is 6.03. The van der Waals surface area contributed by atoms with Crippen LogP contribution in [-0.2, 0) is 11.3 Å². The molecule has 0 saturated carbocycles. The van der Waals surface area contributed by atoms with E-state index in [-0.39, 0.29) is 12.1 Å². The summed E-state index contributed by atoms with van der Waals surface area (Å²) in [4.78, 5) is 0. The Morgan fingerprint density at radius 2 is 1.75 bits per heavy atom. The highest BCUT2D eigenvalue weighted by Gasteiger charge is 2.18. The fraction of sp³-hybridized carbons (Fsp3) is 0.294. The van der Waals surface area contributed by atoms with E-state index >= 15 is 0 Å². The lowest BCUT2D eigenvalue weighted by molar-refractivity contribution is 0.0255. The Labute approximate surface area is 125 Å². The first-order valence-electron chi connectivity index (χ1n) is 6.75. The molecule has 3 heteroatoms. The maximum absolute atomic E-state index is 6.08. The lowest BCUT2D eigenvalue weighted by atomic mass is 9.99. The molecule has 0 spiro atoms. The van der Waals surface area contributed by atoms with Crippen LogP contribution < -0.4 is 5.73 Å². The molecule has 0 aliphatic heterocycles. The van der Waals surface area contributed by atoms with Crippen LogP contribution in [0.15, 0.2) is 48.5 Å². The molecule has 0 amide bonds. The van der Waals surface area contributed by atoms with E-state index in [9.17, 15) is 0 Å². The maximum Gasteiger partial charge on any atom is 0.0980 e. The van der Waals surface area contributed by atoms with Crippen LogP contribution in [0.2, 0.25) is 5.02 Å². The van der Waals surface area contributed by atoms with Gasteiger partial charge in [0.2, 0.25) is 0 Å². The van der Waals surface area contributed by atoms with E-state index in [1.54, 1.807) is 0 Å². The lowest BCUT2D eigenvalue weighted by Gasteiger charge is -2.23. The van der Waals surface area contributed by atoms with E-state index in [1.165, 1.54) is 5.56 Å². The molecule has 2 aromatic rings. The molecule has 0 bridgehead atoms. The number of hydrogen-bond acceptors (Lipinski definition) is 2. The zero-order chi connectivity index (χ0) is 14.5. The van der Waals surface area contributed by atoms with E-state index in [2.05, 4.69) is 19.1 Å². The molecule has 2 rings (SSSR count). The summed E-state index contributed by atoms with van der Waals surface area (Å²) in [6, 6.07) is 15.8. The summed E-state index contributed by atoms with van der Waals surface area (Å²) in [7, 11) is 0. The first-order chi connectivity index (χ1) is 9.58. The molecule has 0 saturated heterocycles. The van der Waals surface area contributed by atoms with Crippen molar-refractivity contribution in [3.8, 4) is 0 Å². The zero-order valence-electron chi connectivity index (χ0n) is 11.8. The van der Waals surface area contributed by atoms with E-state index < -0.39 is 0 Å². The van der Waals surface area contributed by atoms with Gasteiger partial charge in [0.05, 0.1) is 12.7 Å². The lowest BCUT2D eigenvalue weighted by Crippen LogP contribution is -2.27. The minimum Gasteiger partial charge on any atom is -0.367 e. The van der Waals surface area contributed by atoms with Crippen molar-refractivity contribution in [3.63, 3.8) is 0 Å². The zero-order valence-corrected chi connectivity index (χ0v) is 12.6. The van der Waals surface area contributed by atoms with Crippen molar-refractivity contribution < 1.29 is 4.74 Å². The highest BCUT2D eigenvalue weighted by molar-refractivity contribution is 6.30. The Morgan fingerprint density at radius 1 is 1.10 bits per heavy atom. The largest absolute Gasteiger partial charge is 0.367 e. The monoisotopic (exact) mass is 289 g/mol. The first-order valence-corrected chi connectivity index (χ1v) is 7.13. The van der Waals surface area contributed by atoms with Crippen molar-refractivity contribution >= 4 is 11.6 Å². The number of nitrogens with two attached hydrogens (primary N) is 1. The Kier molecular flexibility index (Phi) is 5.18. The second kappa shape index (κ2) is 6.89. The molecule has 2 unspecified atom stereocenters. The van der Waals surface area contributed by atoms with Crippen molar-refractivity contribution in [1.82, 2.24) is 0 Å². The number of hydrogen-bond donors (Lipinski definition) is 1. The Morgan fingerprint density at radius 3 is 2.35 bits per heavy atom. The normalized spacial score (nSPS) is 14.0. The molecular formula is C17H20ClNO. The number of aryl methyl sites for hydroxylation is 1. The van der Waals surface area contributed by atoms with Crippen molar-refractivity contribution in [2.75, 3.05) is 0 Å². The maximum atomic E-state index is 6.08. The molecule has 0 radical (unpaired) electrons. The van der Waals surface area contributed by atoms with Gasteiger partial charge >= 0.3 is 0 Å². The molecule has 0 aliphatic rings. The number of benzene rings is 2. The van der Waals surface area contributed by atoms with Crippen molar-refractivity contribution in [2.24, 2.45) is 5.73 Å². The van der Waals surface area contributed by atoms with Crippen molar-refractivity contribution in [1.29, 1.82) is 0 Å². The van der Waals surface area contributed by atoms with Gasteiger partial charge in [-0.2, -0.15) is 0 Å². The van der Waals surface area contributed by atoms with Gasteiger partial charge in [0.25, 0.3) is 0 Å². The Hall–Kier alpha value is -1.35. The average molecular weight is 290 g/mol. The van der Waals surface area contributed by atoms with Crippen LogP contribution in [0.25, 0.3) is 0 Å². The summed E-state index contributed by atoms with van der Waals surface area (Å²) in [5.41, 5.74) is 9.52. The van der Waals surface area contributed by atoms with Crippen LogP contribution in [0.1, 0.15) is 29.7 Å². The third-order valence-corrected chi connectivity index (χ3v) is 3.57. The summed E-state index contributed by atoms with van der Waals surface area (Å²) in [5.74, 6) is 0. The third-order valence-electron chi connectivity index (χ3n) is 3.32. The van der Waals surface area contributed by atoms with Crippen LogP contribution in [-0.4, -0.2) is 6.04 Å². The minimum atomic E-state index is -0.105. The molecule has 0 aliphatic carbocycles. The predicted octanol–water partition coefficient (Wildman–Crippen LogP) is 4.25. The SMILES string of the molecule is Cc1ccccc1C(OCc1ccc(Cl)cc1)C(C)N. The molecule has 20 heavy (non-hydrogen) atoms. The van der Waals surface area contributed by atoms with Gasteiger partial charge < -0.3 is 10.5 Å². The van der Waals surface area contributed by atoms with Crippen LogP contribution in [0, 0.1) is 6.92 Å². The highest BCUT2D eigenvalue weighted by Crippen LogP contribution is 2.25. The van der Waals surface area contributed by atoms with Gasteiger partial charge in [-0.05, 0) is 42.7 Å².